The van der Waals surface area contributed by atoms with Crippen LogP contribution in [-0.4, -0.2) is 79.9 Å². The van der Waals surface area contributed by atoms with Gasteiger partial charge in [-0.05, 0) is 45.4 Å². The highest BCUT2D eigenvalue weighted by atomic mass is 32.2. The number of rotatable bonds is 5. The van der Waals surface area contributed by atoms with Crippen LogP contribution in [0.4, 0.5) is 0 Å². The third-order valence-electron chi connectivity index (χ3n) is 6.48. The maximum absolute atomic E-state index is 13.6. The summed E-state index contributed by atoms with van der Waals surface area (Å²) in [5.74, 6) is -0.0474. The molecule has 2 aromatic rings. The fourth-order valence-corrected chi connectivity index (χ4v) is 6.20. The second kappa shape index (κ2) is 9.79. The van der Waals surface area contributed by atoms with E-state index in [1.54, 1.807) is 13.0 Å². The van der Waals surface area contributed by atoms with Gasteiger partial charge >= 0.3 is 0 Å². The molecular formula is C24H32N4O4S. The normalized spacial score (nSPS) is 21.1. The lowest BCUT2D eigenvalue weighted by molar-refractivity contribution is -0.138. The number of piperazine rings is 1. The second-order valence-corrected chi connectivity index (χ2v) is 10.9. The van der Waals surface area contributed by atoms with Gasteiger partial charge in [0.15, 0.2) is 10.7 Å². The third kappa shape index (κ3) is 5.20. The molecule has 0 unspecified atom stereocenters. The fraction of sp³-hybridized carbons (Fsp3) is 0.500. The third-order valence-corrected chi connectivity index (χ3v) is 8.51. The molecule has 0 saturated carbocycles. The highest BCUT2D eigenvalue weighted by Crippen LogP contribution is 2.30. The molecule has 0 bridgehead atoms. The van der Waals surface area contributed by atoms with Gasteiger partial charge in [-0.3, -0.25) is 4.79 Å². The first-order chi connectivity index (χ1) is 15.8. The summed E-state index contributed by atoms with van der Waals surface area (Å²) in [6, 6.07) is 7.91. The van der Waals surface area contributed by atoms with Gasteiger partial charge in [-0.15, -0.1) is 0 Å². The van der Waals surface area contributed by atoms with Gasteiger partial charge < -0.3 is 14.3 Å². The maximum atomic E-state index is 13.6. The molecule has 1 amide bonds. The summed E-state index contributed by atoms with van der Waals surface area (Å²) in [5.41, 5.74) is 2.41. The molecule has 1 aromatic heterocycles. The first-order valence-corrected chi connectivity index (χ1v) is 12.9. The number of piperidine rings is 1. The molecule has 0 spiro atoms. The van der Waals surface area contributed by atoms with E-state index >= 15 is 0 Å². The van der Waals surface area contributed by atoms with Crippen molar-refractivity contribution in [3.8, 4) is 0 Å². The predicted octanol–water partition coefficient (Wildman–Crippen LogP) is 2.64. The van der Waals surface area contributed by atoms with E-state index < -0.39 is 10.0 Å². The Morgan fingerprint density at radius 2 is 1.76 bits per heavy atom. The van der Waals surface area contributed by atoms with E-state index in [4.69, 9.17) is 4.52 Å². The number of carbonyl (C=O) groups excluding carboxylic acids is 1. The molecule has 4 rings (SSSR count). The quantitative estimate of drug-likeness (QED) is 0.665. The van der Waals surface area contributed by atoms with Crippen molar-refractivity contribution in [2.75, 3.05) is 46.3 Å². The molecule has 0 radical (unpaired) electrons. The smallest absolute Gasteiger partial charge is 0.248 e. The Kier molecular flexibility index (Phi) is 7.02. The van der Waals surface area contributed by atoms with Crippen molar-refractivity contribution in [3.63, 3.8) is 0 Å². The summed E-state index contributed by atoms with van der Waals surface area (Å²) < 4.78 is 34.0. The standard InChI is InChI=1S/C24H32N4O4S/c1-18-6-8-20(9-7-18)10-11-22-23(19(2)25-32-22)33(30,31)28-12-4-5-21(17-28)24(29)27-15-13-26(3)14-16-27/h6-11,21H,4-5,12-17H2,1-3H3/b11-10+/t21-/m1/s1. The minimum absolute atomic E-state index is 0.0598. The van der Waals surface area contributed by atoms with E-state index in [0.29, 0.717) is 38.2 Å². The van der Waals surface area contributed by atoms with Crippen molar-refractivity contribution in [3.05, 3.63) is 46.8 Å². The number of carbonyl (C=O) groups is 1. The predicted molar refractivity (Wildman–Crippen MR) is 127 cm³/mol. The molecule has 8 nitrogen and oxygen atoms in total. The van der Waals surface area contributed by atoms with Crippen molar-refractivity contribution >= 4 is 28.1 Å². The number of amides is 1. The number of aryl methyl sites for hydroxylation is 2. The fourth-order valence-electron chi connectivity index (χ4n) is 4.42. The maximum Gasteiger partial charge on any atom is 0.248 e. The number of sulfonamides is 1. The summed E-state index contributed by atoms with van der Waals surface area (Å²) in [6.07, 6.45) is 4.82. The molecule has 33 heavy (non-hydrogen) atoms. The number of likely N-dealkylation sites (N-methyl/N-ethyl adjacent to an activating group) is 1. The van der Waals surface area contributed by atoms with Gasteiger partial charge in [0.1, 0.15) is 5.69 Å². The summed E-state index contributed by atoms with van der Waals surface area (Å²) in [7, 11) is -1.81. The zero-order chi connectivity index (χ0) is 23.6. The van der Waals surface area contributed by atoms with Crippen LogP contribution in [0, 0.1) is 19.8 Å². The highest BCUT2D eigenvalue weighted by molar-refractivity contribution is 7.89. The van der Waals surface area contributed by atoms with Gasteiger partial charge in [-0.1, -0.05) is 41.1 Å². The van der Waals surface area contributed by atoms with E-state index in [1.165, 1.54) is 4.31 Å². The van der Waals surface area contributed by atoms with Crippen LogP contribution in [0.5, 0.6) is 0 Å². The average molecular weight is 473 g/mol. The van der Waals surface area contributed by atoms with E-state index in [9.17, 15) is 13.2 Å². The Morgan fingerprint density at radius 1 is 1.06 bits per heavy atom. The molecule has 0 N–H and O–H groups in total. The molecular weight excluding hydrogens is 440 g/mol. The minimum atomic E-state index is -3.85. The molecule has 9 heteroatoms. The number of hydrogen-bond acceptors (Lipinski definition) is 6. The van der Waals surface area contributed by atoms with Crippen molar-refractivity contribution in [2.24, 2.45) is 5.92 Å². The van der Waals surface area contributed by atoms with Crippen LogP contribution in [-0.2, 0) is 14.8 Å². The van der Waals surface area contributed by atoms with E-state index in [0.717, 1.165) is 24.2 Å². The topological polar surface area (TPSA) is 87.0 Å². The SMILES string of the molecule is Cc1ccc(/C=C/c2onc(C)c2S(=O)(=O)N2CCC[C@@H](C(=O)N3CCN(C)CC3)C2)cc1. The zero-order valence-corrected chi connectivity index (χ0v) is 20.3. The van der Waals surface area contributed by atoms with Crippen molar-refractivity contribution in [1.82, 2.24) is 19.3 Å². The molecule has 2 aliphatic rings. The average Bonchev–Trinajstić information content (AvgIpc) is 3.20. The lowest BCUT2D eigenvalue weighted by Gasteiger charge is -2.37. The van der Waals surface area contributed by atoms with Crippen LogP contribution in [0.25, 0.3) is 12.2 Å². The second-order valence-electron chi connectivity index (χ2n) is 9.04. The van der Waals surface area contributed by atoms with Crippen LogP contribution in [0.15, 0.2) is 33.7 Å². The van der Waals surface area contributed by atoms with Crippen LogP contribution in [0.1, 0.15) is 35.4 Å². The van der Waals surface area contributed by atoms with Gasteiger partial charge in [0.25, 0.3) is 0 Å². The lowest BCUT2D eigenvalue weighted by Crippen LogP contribution is -2.52. The Morgan fingerprint density at radius 3 is 2.45 bits per heavy atom. The van der Waals surface area contributed by atoms with Gasteiger partial charge in [0.05, 0.1) is 5.92 Å². The van der Waals surface area contributed by atoms with Crippen LogP contribution < -0.4 is 0 Å². The van der Waals surface area contributed by atoms with Gasteiger partial charge in [0.2, 0.25) is 15.9 Å². The van der Waals surface area contributed by atoms with Crippen LogP contribution in [0.3, 0.4) is 0 Å². The van der Waals surface area contributed by atoms with E-state index in [1.807, 2.05) is 49.2 Å². The Bertz CT molecular complexity index is 1120. The molecule has 1 atom stereocenters. The van der Waals surface area contributed by atoms with Crippen LogP contribution in [0.2, 0.25) is 0 Å². The largest absolute Gasteiger partial charge is 0.355 e. The Hall–Kier alpha value is -2.49. The molecule has 2 saturated heterocycles. The molecule has 3 heterocycles. The van der Waals surface area contributed by atoms with Gasteiger partial charge in [-0.25, -0.2) is 8.42 Å². The summed E-state index contributed by atoms with van der Waals surface area (Å²) >= 11 is 0. The van der Waals surface area contributed by atoms with E-state index in [2.05, 4.69) is 10.1 Å². The van der Waals surface area contributed by atoms with Crippen LogP contribution >= 0.6 is 0 Å². The van der Waals surface area contributed by atoms with Crippen molar-refractivity contribution in [2.45, 2.75) is 31.6 Å². The molecule has 2 fully saturated rings. The number of aromatic nitrogens is 1. The van der Waals surface area contributed by atoms with E-state index in [-0.39, 0.29) is 29.0 Å². The molecule has 178 valence electrons. The summed E-state index contributed by atoms with van der Waals surface area (Å²) in [6.45, 7) is 7.30. The summed E-state index contributed by atoms with van der Waals surface area (Å²) in [4.78, 5) is 17.2. The van der Waals surface area contributed by atoms with Gasteiger partial charge in [-0.2, -0.15) is 4.31 Å². The molecule has 2 aliphatic heterocycles. The first kappa shape index (κ1) is 23.7. The summed E-state index contributed by atoms with van der Waals surface area (Å²) in [5, 5.41) is 3.93. The Labute approximate surface area is 195 Å². The zero-order valence-electron chi connectivity index (χ0n) is 19.5. The molecule has 0 aliphatic carbocycles. The number of hydrogen-bond donors (Lipinski definition) is 0. The lowest BCUT2D eigenvalue weighted by atomic mass is 9.98. The minimum Gasteiger partial charge on any atom is -0.355 e. The number of nitrogens with zero attached hydrogens (tertiary/aromatic N) is 4. The Balaban J connectivity index is 1.52. The number of benzene rings is 1. The monoisotopic (exact) mass is 472 g/mol. The van der Waals surface area contributed by atoms with Gasteiger partial charge in [0, 0.05) is 39.3 Å². The highest BCUT2D eigenvalue weighted by Gasteiger charge is 2.38. The van der Waals surface area contributed by atoms with Crippen molar-refractivity contribution in [1.29, 1.82) is 0 Å². The molecule has 1 aromatic carbocycles. The van der Waals surface area contributed by atoms with Crippen molar-refractivity contribution < 1.29 is 17.7 Å². The first-order valence-electron chi connectivity index (χ1n) is 11.4.